The van der Waals surface area contributed by atoms with Crippen LogP contribution in [0.25, 0.3) is 0 Å². The predicted molar refractivity (Wildman–Crippen MR) is 102 cm³/mol. The first-order valence-corrected chi connectivity index (χ1v) is 11.1. The van der Waals surface area contributed by atoms with Gasteiger partial charge >= 0.3 is 0 Å². The maximum absolute atomic E-state index is 12.7. The Hall–Kier alpha value is -1.37. The summed E-state index contributed by atoms with van der Waals surface area (Å²) in [6.07, 6.45) is 7.29. The fourth-order valence-corrected chi connectivity index (χ4v) is 5.29. The molecule has 0 spiro atoms. The zero-order chi connectivity index (χ0) is 18.3. The Bertz CT molecular complexity index is 913. The summed E-state index contributed by atoms with van der Waals surface area (Å²) in [5.74, 6) is 0.601. The molecular formula is C19H24ClN3O2S. The van der Waals surface area contributed by atoms with E-state index in [1.54, 1.807) is 25.1 Å². The van der Waals surface area contributed by atoms with Crippen molar-refractivity contribution >= 4 is 21.6 Å². The summed E-state index contributed by atoms with van der Waals surface area (Å²) >= 11 is 6.07. The smallest absolute Gasteiger partial charge is 0.241 e. The molecule has 0 amide bonds. The van der Waals surface area contributed by atoms with E-state index in [-0.39, 0.29) is 11.4 Å². The van der Waals surface area contributed by atoms with Crippen LogP contribution in [0.2, 0.25) is 5.02 Å². The lowest BCUT2D eigenvalue weighted by molar-refractivity contribution is 0.446. The molecule has 5 nitrogen and oxygen atoms in total. The SMILES string of the molecule is Cc1c(Cl)cccc1S(=O)(=O)NCc1cc(C2CC2)n(C2CCCC2)n1. The van der Waals surface area contributed by atoms with E-state index in [2.05, 4.69) is 15.5 Å². The quantitative estimate of drug-likeness (QED) is 0.794. The van der Waals surface area contributed by atoms with Gasteiger partial charge in [0.2, 0.25) is 10.0 Å². The Morgan fingerprint density at radius 2 is 1.96 bits per heavy atom. The van der Waals surface area contributed by atoms with Gasteiger partial charge in [0.15, 0.2) is 0 Å². The first-order valence-electron chi connectivity index (χ1n) is 9.29. The number of aromatic nitrogens is 2. The molecule has 26 heavy (non-hydrogen) atoms. The molecule has 1 N–H and O–H groups in total. The minimum Gasteiger partial charge on any atom is -0.266 e. The van der Waals surface area contributed by atoms with Crippen LogP contribution in [0.3, 0.4) is 0 Å². The van der Waals surface area contributed by atoms with Gasteiger partial charge in [0.1, 0.15) is 0 Å². The van der Waals surface area contributed by atoms with Gasteiger partial charge in [-0.3, -0.25) is 4.68 Å². The number of nitrogens with zero attached hydrogens (tertiary/aromatic N) is 2. The molecule has 2 aliphatic rings. The van der Waals surface area contributed by atoms with Crippen LogP contribution in [0, 0.1) is 6.92 Å². The summed E-state index contributed by atoms with van der Waals surface area (Å²) in [7, 11) is -3.62. The van der Waals surface area contributed by atoms with Crippen LogP contribution in [-0.4, -0.2) is 18.2 Å². The lowest BCUT2D eigenvalue weighted by Gasteiger charge is -2.13. The molecule has 2 saturated carbocycles. The van der Waals surface area contributed by atoms with Crippen molar-refractivity contribution in [1.29, 1.82) is 0 Å². The second-order valence-electron chi connectivity index (χ2n) is 7.41. The van der Waals surface area contributed by atoms with Gasteiger partial charge in [-0.15, -0.1) is 0 Å². The van der Waals surface area contributed by atoms with Crippen LogP contribution in [-0.2, 0) is 16.6 Å². The van der Waals surface area contributed by atoms with Crippen molar-refractivity contribution in [2.24, 2.45) is 0 Å². The molecule has 0 radical (unpaired) electrons. The molecule has 0 aliphatic heterocycles. The molecule has 1 aromatic carbocycles. The fourth-order valence-electron chi connectivity index (χ4n) is 3.80. The van der Waals surface area contributed by atoms with E-state index in [0.717, 1.165) is 5.69 Å². The summed E-state index contributed by atoms with van der Waals surface area (Å²) in [6, 6.07) is 7.50. The highest BCUT2D eigenvalue weighted by molar-refractivity contribution is 7.89. The first kappa shape index (κ1) is 18.0. The second-order valence-corrected chi connectivity index (χ2v) is 9.55. The van der Waals surface area contributed by atoms with Crippen LogP contribution >= 0.6 is 11.6 Å². The van der Waals surface area contributed by atoms with Crippen LogP contribution in [0.1, 0.15) is 67.4 Å². The van der Waals surface area contributed by atoms with Gasteiger partial charge in [0.25, 0.3) is 0 Å². The van der Waals surface area contributed by atoms with Gasteiger partial charge in [-0.2, -0.15) is 5.10 Å². The van der Waals surface area contributed by atoms with Gasteiger partial charge in [0.05, 0.1) is 23.2 Å². The minimum atomic E-state index is -3.62. The van der Waals surface area contributed by atoms with Crippen LogP contribution in [0.4, 0.5) is 0 Å². The molecule has 2 aliphatic carbocycles. The molecule has 7 heteroatoms. The van der Waals surface area contributed by atoms with Crippen molar-refractivity contribution in [2.75, 3.05) is 0 Å². The van der Waals surface area contributed by atoms with E-state index in [0.29, 0.717) is 22.5 Å². The Labute approximate surface area is 159 Å². The van der Waals surface area contributed by atoms with Crippen molar-refractivity contribution in [3.8, 4) is 0 Å². The standard InChI is InChI=1S/C19H24ClN3O2S/c1-13-17(20)7-4-8-19(13)26(24,25)21-12-15-11-18(14-9-10-14)23(22-15)16-5-2-3-6-16/h4,7-8,11,14,16,21H,2-3,5-6,9-10,12H2,1H3. The van der Waals surface area contributed by atoms with E-state index in [9.17, 15) is 8.42 Å². The third-order valence-corrected chi connectivity index (χ3v) is 7.39. The molecule has 2 fully saturated rings. The summed E-state index contributed by atoms with van der Waals surface area (Å²) in [5.41, 5.74) is 2.64. The topological polar surface area (TPSA) is 64.0 Å². The lowest BCUT2D eigenvalue weighted by Crippen LogP contribution is -2.24. The molecule has 0 bridgehead atoms. The number of rotatable bonds is 6. The molecule has 4 rings (SSSR count). The summed E-state index contributed by atoms with van der Waals surface area (Å²) in [6.45, 7) is 1.92. The van der Waals surface area contributed by atoms with Gasteiger partial charge < -0.3 is 0 Å². The van der Waals surface area contributed by atoms with Gasteiger partial charge in [-0.05, 0) is 56.4 Å². The van der Waals surface area contributed by atoms with Gasteiger partial charge in [0, 0.05) is 16.6 Å². The highest BCUT2D eigenvalue weighted by Gasteiger charge is 2.31. The normalized spacial score (nSPS) is 18.5. The molecule has 2 aromatic rings. The third-order valence-electron chi connectivity index (χ3n) is 5.43. The molecule has 140 valence electrons. The Morgan fingerprint density at radius 3 is 2.65 bits per heavy atom. The number of hydrogen-bond acceptors (Lipinski definition) is 3. The van der Waals surface area contributed by atoms with E-state index in [1.165, 1.54) is 44.2 Å². The number of hydrogen-bond donors (Lipinski definition) is 1. The largest absolute Gasteiger partial charge is 0.266 e. The Balaban J connectivity index is 1.54. The Kier molecular flexibility index (Phi) is 4.84. The van der Waals surface area contributed by atoms with E-state index in [1.807, 2.05) is 0 Å². The van der Waals surface area contributed by atoms with E-state index < -0.39 is 10.0 Å². The van der Waals surface area contributed by atoms with Crippen molar-refractivity contribution in [2.45, 2.75) is 68.8 Å². The monoisotopic (exact) mass is 393 g/mol. The predicted octanol–water partition coefficient (Wildman–Crippen LogP) is 4.32. The van der Waals surface area contributed by atoms with Crippen molar-refractivity contribution < 1.29 is 8.42 Å². The summed E-state index contributed by atoms with van der Waals surface area (Å²) in [4.78, 5) is 0.225. The number of nitrogens with one attached hydrogen (secondary N) is 1. The Morgan fingerprint density at radius 1 is 1.23 bits per heavy atom. The average Bonchev–Trinajstić information content (AvgIpc) is 3.15. The number of benzene rings is 1. The molecule has 0 saturated heterocycles. The maximum atomic E-state index is 12.7. The van der Waals surface area contributed by atoms with Gasteiger partial charge in [-0.1, -0.05) is 30.5 Å². The van der Waals surface area contributed by atoms with Crippen LogP contribution in [0.15, 0.2) is 29.2 Å². The van der Waals surface area contributed by atoms with E-state index >= 15 is 0 Å². The number of sulfonamides is 1. The summed E-state index contributed by atoms with van der Waals surface area (Å²) in [5, 5.41) is 5.21. The van der Waals surface area contributed by atoms with Crippen molar-refractivity contribution in [3.05, 3.63) is 46.2 Å². The maximum Gasteiger partial charge on any atom is 0.241 e. The van der Waals surface area contributed by atoms with Gasteiger partial charge in [-0.25, -0.2) is 13.1 Å². The molecule has 1 heterocycles. The third kappa shape index (κ3) is 3.55. The molecule has 0 unspecified atom stereocenters. The zero-order valence-corrected chi connectivity index (χ0v) is 16.5. The minimum absolute atomic E-state index is 0.202. The van der Waals surface area contributed by atoms with Crippen molar-refractivity contribution in [3.63, 3.8) is 0 Å². The van der Waals surface area contributed by atoms with E-state index in [4.69, 9.17) is 16.7 Å². The van der Waals surface area contributed by atoms with Crippen LogP contribution in [0.5, 0.6) is 0 Å². The van der Waals surface area contributed by atoms with Crippen LogP contribution < -0.4 is 4.72 Å². The first-order chi connectivity index (χ1) is 12.5. The highest BCUT2D eigenvalue weighted by Crippen LogP contribution is 2.43. The highest BCUT2D eigenvalue weighted by atomic mass is 35.5. The average molecular weight is 394 g/mol. The fraction of sp³-hybridized carbons (Fsp3) is 0.526. The number of halogens is 1. The molecule has 0 atom stereocenters. The summed E-state index contributed by atoms with van der Waals surface area (Å²) < 4.78 is 30.2. The van der Waals surface area contributed by atoms with Crippen molar-refractivity contribution in [1.82, 2.24) is 14.5 Å². The zero-order valence-electron chi connectivity index (χ0n) is 14.9. The lowest BCUT2D eigenvalue weighted by atomic mass is 10.2. The molecule has 1 aromatic heterocycles. The second kappa shape index (κ2) is 6.98. The molecular weight excluding hydrogens is 370 g/mol.